The van der Waals surface area contributed by atoms with Crippen LogP contribution in [-0.2, 0) is 11.2 Å². The Morgan fingerprint density at radius 3 is 2.51 bits per heavy atom. The second-order valence-electron chi connectivity index (χ2n) is 10.5. The van der Waals surface area contributed by atoms with Crippen molar-refractivity contribution in [1.82, 2.24) is 10.3 Å². The predicted octanol–water partition coefficient (Wildman–Crippen LogP) is 4.75. The number of amides is 2. The molecule has 226 valence electrons. The van der Waals surface area contributed by atoms with Crippen LogP contribution in [-0.4, -0.2) is 35.2 Å². The number of alkyl halides is 3. The summed E-state index contributed by atoms with van der Waals surface area (Å²) in [5.41, 5.74) is 6.14. The topological polar surface area (TPSA) is 126 Å². The fraction of sp³-hybridized carbons (Fsp3) is 0.290. The van der Waals surface area contributed by atoms with E-state index in [-0.39, 0.29) is 42.0 Å². The third kappa shape index (κ3) is 7.89. The molecule has 1 heterocycles. The van der Waals surface area contributed by atoms with Crippen molar-refractivity contribution in [3.63, 3.8) is 0 Å². The van der Waals surface area contributed by atoms with E-state index in [2.05, 4.69) is 10.3 Å². The highest BCUT2D eigenvalue weighted by Gasteiger charge is 2.40. The van der Waals surface area contributed by atoms with E-state index in [0.717, 1.165) is 18.2 Å². The van der Waals surface area contributed by atoms with Crippen molar-refractivity contribution in [3.8, 4) is 11.1 Å². The lowest BCUT2D eigenvalue weighted by atomic mass is 9.85. The van der Waals surface area contributed by atoms with Crippen LogP contribution in [0.25, 0.3) is 11.1 Å². The molecule has 7 nitrogen and oxygen atoms in total. The van der Waals surface area contributed by atoms with Gasteiger partial charge < -0.3 is 16.4 Å². The average Bonchev–Trinajstić information content (AvgIpc) is 2.94. The van der Waals surface area contributed by atoms with E-state index in [9.17, 15) is 31.5 Å². The van der Waals surface area contributed by atoms with E-state index in [1.54, 1.807) is 43.3 Å². The number of benzene rings is 2. The van der Waals surface area contributed by atoms with E-state index in [4.69, 9.17) is 11.1 Å². The van der Waals surface area contributed by atoms with Gasteiger partial charge in [-0.1, -0.05) is 25.1 Å². The Bertz CT molecular complexity index is 1550. The van der Waals surface area contributed by atoms with Gasteiger partial charge in [0.2, 0.25) is 5.91 Å². The van der Waals surface area contributed by atoms with Gasteiger partial charge >= 0.3 is 6.18 Å². The van der Waals surface area contributed by atoms with Crippen LogP contribution in [0.5, 0.6) is 0 Å². The predicted molar refractivity (Wildman–Crippen MR) is 150 cm³/mol. The Morgan fingerprint density at radius 1 is 1.12 bits per heavy atom. The molecular formula is C31H31F5N5O2+. The highest BCUT2D eigenvalue weighted by Crippen LogP contribution is 2.32. The summed E-state index contributed by atoms with van der Waals surface area (Å²) in [5.74, 6) is -3.09. The first-order valence-electron chi connectivity index (χ1n) is 13.6. The molecule has 43 heavy (non-hydrogen) atoms. The maximum atomic E-state index is 14.1. The Kier molecular flexibility index (Phi) is 9.70. The summed E-state index contributed by atoms with van der Waals surface area (Å²) in [7, 11) is 0. The fourth-order valence-corrected chi connectivity index (χ4v) is 5.36. The molecule has 6 N–H and O–H groups in total. The summed E-state index contributed by atoms with van der Waals surface area (Å²) in [5, 5.41) is 11.9. The number of allylic oxidation sites excluding steroid dienone is 2. The number of aromatic nitrogens is 1. The molecule has 0 aliphatic heterocycles. The monoisotopic (exact) mass is 600 g/mol. The quantitative estimate of drug-likeness (QED) is 0.198. The molecule has 1 aliphatic rings. The van der Waals surface area contributed by atoms with Gasteiger partial charge in [-0.15, -0.1) is 0 Å². The summed E-state index contributed by atoms with van der Waals surface area (Å²) in [4.78, 5) is 29.5. The Labute approximate surface area is 244 Å². The highest BCUT2D eigenvalue weighted by atomic mass is 19.4. The number of carbonyl (C=O) groups is 2. The number of nitrogens with two attached hydrogens (primary N) is 2. The maximum Gasteiger partial charge on any atom is 0.433 e. The lowest BCUT2D eigenvalue weighted by Gasteiger charge is -2.25. The van der Waals surface area contributed by atoms with Crippen molar-refractivity contribution in [2.75, 3.05) is 6.54 Å². The molecule has 1 aromatic heterocycles. The SMILES string of the molecule is CC1CCCC(C(=N)C(F)(F)F)=C1[NH2+]CC(=O)NC(Cc1cc(F)cc(F)c1)c1ncccc1-c1cccc(C(N)=O)c1. The molecule has 0 spiro atoms. The minimum absolute atomic E-state index is 0.0665. The molecule has 2 atom stereocenters. The number of primary amides is 1. The first-order chi connectivity index (χ1) is 20.3. The van der Waals surface area contributed by atoms with Crippen molar-refractivity contribution >= 4 is 17.5 Å². The van der Waals surface area contributed by atoms with Gasteiger partial charge in [0.05, 0.1) is 11.7 Å². The van der Waals surface area contributed by atoms with Gasteiger partial charge in [-0.3, -0.25) is 20.0 Å². The maximum absolute atomic E-state index is 14.1. The molecule has 3 aromatic rings. The van der Waals surface area contributed by atoms with Crippen LogP contribution < -0.4 is 16.4 Å². The third-order valence-electron chi connectivity index (χ3n) is 7.36. The van der Waals surface area contributed by atoms with Crippen molar-refractivity contribution in [1.29, 1.82) is 5.41 Å². The second kappa shape index (κ2) is 13.2. The molecule has 0 bridgehead atoms. The largest absolute Gasteiger partial charge is 0.433 e. The minimum Gasteiger partial charge on any atom is -0.366 e. The molecule has 1 aliphatic carbocycles. The van der Waals surface area contributed by atoms with Gasteiger partial charge in [0, 0.05) is 34.9 Å². The van der Waals surface area contributed by atoms with Crippen LogP contribution in [0.15, 0.2) is 72.1 Å². The van der Waals surface area contributed by atoms with Crippen molar-refractivity contribution in [2.24, 2.45) is 11.7 Å². The van der Waals surface area contributed by atoms with Crippen molar-refractivity contribution in [2.45, 2.75) is 44.8 Å². The summed E-state index contributed by atoms with van der Waals surface area (Å²) in [6.07, 6.45) is -2.17. The first-order valence-corrected chi connectivity index (χ1v) is 13.6. The zero-order valence-electron chi connectivity index (χ0n) is 23.3. The summed E-state index contributed by atoms with van der Waals surface area (Å²) in [6, 6.07) is 11.9. The van der Waals surface area contributed by atoms with E-state index in [1.807, 2.05) is 0 Å². The average molecular weight is 601 g/mol. The number of halogens is 5. The van der Waals surface area contributed by atoms with Gasteiger partial charge in [-0.25, -0.2) is 8.78 Å². The molecule has 2 aromatic carbocycles. The molecule has 0 radical (unpaired) electrons. The zero-order valence-corrected chi connectivity index (χ0v) is 23.3. The van der Waals surface area contributed by atoms with Crippen LogP contribution in [0.1, 0.15) is 53.8 Å². The number of rotatable bonds is 10. The standard InChI is InChI=1S/C31H30F5N5O2/c1-17-5-2-8-24(29(37)31(34,35)36)27(17)40-16-26(42)41-25(13-18-11-21(32)15-22(33)12-18)28-23(9-4-10-39-28)19-6-3-7-20(14-19)30(38)43/h3-4,6-7,9-12,14-15,17,25,37,40H,2,5,8,13,16H2,1H3,(H2,38,43)(H,41,42)/p+1. The second-order valence-corrected chi connectivity index (χ2v) is 10.5. The van der Waals surface area contributed by atoms with E-state index < -0.39 is 41.4 Å². The van der Waals surface area contributed by atoms with Crippen LogP contribution in [0.3, 0.4) is 0 Å². The normalized spacial score (nSPS) is 16.1. The number of pyridine rings is 1. The van der Waals surface area contributed by atoms with Gasteiger partial charge in [0.15, 0.2) is 6.54 Å². The van der Waals surface area contributed by atoms with Gasteiger partial charge in [-0.05, 0) is 67.1 Å². The van der Waals surface area contributed by atoms with E-state index in [1.165, 1.54) is 11.5 Å². The first kappa shape index (κ1) is 31.5. The third-order valence-corrected chi connectivity index (χ3v) is 7.36. The van der Waals surface area contributed by atoms with Gasteiger partial charge in [0.1, 0.15) is 23.0 Å². The minimum atomic E-state index is -4.81. The number of hydrogen-bond acceptors (Lipinski definition) is 4. The number of carbonyl (C=O) groups excluding carboxylic acids is 2. The van der Waals surface area contributed by atoms with Crippen molar-refractivity contribution < 1.29 is 36.9 Å². The summed E-state index contributed by atoms with van der Waals surface area (Å²) < 4.78 is 68.2. The lowest BCUT2D eigenvalue weighted by molar-refractivity contribution is -0.602. The molecule has 0 saturated heterocycles. The lowest BCUT2D eigenvalue weighted by Crippen LogP contribution is -2.86. The smallest absolute Gasteiger partial charge is 0.366 e. The molecule has 4 rings (SSSR count). The van der Waals surface area contributed by atoms with E-state index >= 15 is 0 Å². The Balaban J connectivity index is 1.66. The van der Waals surface area contributed by atoms with E-state index in [0.29, 0.717) is 35.4 Å². The molecular weight excluding hydrogens is 569 g/mol. The van der Waals surface area contributed by atoms with Crippen LogP contribution in [0.4, 0.5) is 22.0 Å². The highest BCUT2D eigenvalue weighted by molar-refractivity contribution is 6.02. The fourth-order valence-electron chi connectivity index (χ4n) is 5.36. The molecule has 0 saturated carbocycles. The zero-order chi connectivity index (χ0) is 31.3. The Morgan fingerprint density at radius 2 is 1.84 bits per heavy atom. The summed E-state index contributed by atoms with van der Waals surface area (Å²) in [6.45, 7) is 1.47. The molecule has 2 unspecified atom stereocenters. The number of hydrogen-bond donors (Lipinski definition) is 4. The molecule has 0 fully saturated rings. The molecule has 2 amide bonds. The van der Waals surface area contributed by atoms with Crippen LogP contribution in [0, 0.1) is 23.0 Å². The van der Waals surface area contributed by atoms with Gasteiger partial charge in [-0.2, -0.15) is 13.2 Å². The molecule has 12 heteroatoms. The van der Waals surface area contributed by atoms with Crippen LogP contribution >= 0.6 is 0 Å². The number of nitrogens with zero attached hydrogens (tertiary/aromatic N) is 1. The number of nitrogens with one attached hydrogen (secondary N) is 2. The van der Waals surface area contributed by atoms with Crippen molar-refractivity contribution in [3.05, 3.63) is 101 Å². The van der Waals surface area contributed by atoms with Crippen LogP contribution in [0.2, 0.25) is 0 Å². The van der Waals surface area contributed by atoms with Gasteiger partial charge in [0.25, 0.3) is 5.91 Å². The number of quaternary nitrogens is 1. The summed E-state index contributed by atoms with van der Waals surface area (Å²) >= 11 is 0. The Hall–Kier alpha value is -4.45.